The van der Waals surface area contributed by atoms with Crippen molar-refractivity contribution in [3.8, 4) is 0 Å². The predicted molar refractivity (Wildman–Crippen MR) is 98.6 cm³/mol. The van der Waals surface area contributed by atoms with E-state index in [1.54, 1.807) is 0 Å². The SMILES string of the molecule is BrCn1c2ccccc2c2c3ccccc3c3c(c21)CC=C3. The molecule has 5 rings (SSSR count). The molecule has 0 spiro atoms. The van der Waals surface area contributed by atoms with E-state index in [0.29, 0.717) is 0 Å². The molecule has 0 atom stereocenters. The van der Waals surface area contributed by atoms with Crippen molar-refractivity contribution in [3.63, 3.8) is 0 Å². The summed E-state index contributed by atoms with van der Waals surface area (Å²) in [5.41, 5.74) is 6.37. The molecule has 3 aromatic carbocycles. The van der Waals surface area contributed by atoms with E-state index in [-0.39, 0.29) is 0 Å². The van der Waals surface area contributed by atoms with E-state index in [9.17, 15) is 0 Å². The molecule has 22 heavy (non-hydrogen) atoms. The second-order valence-corrected chi connectivity index (χ2v) is 6.33. The number of hydrogen-bond acceptors (Lipinski definition) is 0. The van der Waals surface area contributed by atoms with Gasteiger partial charge in [-0.25, -0.2) is 0 Å². The smallest absolute Gasteiger partial charge is 0.0785 e. The van der Waals surface area contributed by atoms with Gasteiger partial charge in [0.2, 0.25) is 0 Å². The third-order valence-electron chi connectivity index (χ3n) is 4.79. The molecule has 0 aliphatic heterocycles. The molecule has 1 aliphatic rings. The van der Waals surface area contributed by atoms with Gasteiger partial charge in [-0.2, -0.15) is 0 Å². The summed E-state index contributed by atoms with van der Waals surface area (Å²) in [6.07, 6.45) is 5.60. The zero-order valence-electron chi connectivity index (χ0n) is 12.0. The fourth-order valence-electron chi connectivity index (χ4n) is 3.93. The third-order valence-corrected chi connectivity index (χ3v) is 5.30. The molecule has 1 nitrogen and oxygen atoms in total. The minimum absolute atomic E-state index is 0.821. The first-order valence-electron chi connectivity index (χ1n) is 7.57. The van der Waals surface area contributed by atoms with Crippen LogP contribution in [0.25, 0.3) is 38.7 Å². The second kappa shape index (κ2) is 4.47. The molecule has 1 heterocycles. The average Bonchev–Trinajstić information content (AvgIpc) is 3.17. The lowest BCUT2D eigenvalue weighted by atomic mass is 9.95. The normalized spacial score (nSPS) is 13.5. The summed E-state index contributed by atoms with van der Waals surface area (Å²) in [6.45, 7) is 0. The number of alkyl halides is 1. The summed E-state index contributed by atoms with van der Waals surface area (Å²) in [5.74, 6) is 0. The topological polar surface area (TPSA) is 4.93 Å². The molecule has 0 saturated carbocycles. The maximum Gasteiger partial charge on any atom is 0.0785 e. The molecule has 0 N–H and O–H groups in total. The Morgan fingerprint density at radius 2 is 1.64 bits per heavy atom. The van der Waals surface area contributed by atoms with E-state index in [1.165, 1.54) is 43.7 Å². The van der Waals surface area contributed by atoms with Crippen LogP contribution < -0.4 is 0 Å². The van der Waals surface area contributed by atoms with Gasteiger partial charge in [0.25, 0.3) is 0 Å². The van der Waals surface area contributed by atoms with Crippen molar-refractivity contribution in [2.24, 2.45) is 0 Å². The maximum atomic E-state index is 3.69. The van der Waals surface area contributed by atoms with Gasteiger partial charge in [-0.3, -0.25) is 0 Å². The molecule has 0 saturated heterocycles. The molecular formula is C20H14BrN. The Balaban J connectivity index is 2.19. The van der Waals surface area contributed by atoms with Crippen LogP contribution in [-0.4, -0.2) is 4.57 Å². The van der Waals surface area contributed by atoms with E-state index in [4.69, 9.17) is 0 Å². The second-order valence-electron chi connectivity index (χ2n) is 5.83. The zero-order chi connectivity index (χ0) is 14.7. The highest BCUT2D eigenvalue weighted by Gasteiger charge is 2.20. The van der Waals surface area contributed by atoms with Crippen LogP contribution in [0.5, 0.6) is 0 Å². The summed E-state index contributed by atoms with van der Waals surface area (Å²) in [6, 6.07) is 17.5. The van der Waals surface area contributed by atoms with Crippen molar-refractivity contribution in [3.05, 3.63) is 65.7 Å². The van der Waals surface area contributed by atoms with Crippen molar-refractivity contribution in [1.82, 2.24) is 4.57 Å². The quantitative estimate of drug-likeness (QED) is 0.379. The van der Waals surface area contributed by atoms with Crippen molar-refractivity contribution in [2.75, 3.05) is 0 Å². The number of benzene rings is 3. The predicted octanol–water partition coefficient (Wildman–Crippen LogP) is 5.87. The van der Waals surface area contributed by atoms with Gasteiger partial charge in [0.15, 0.2) is 0 Å². The summed E-state index contributed by atoms with van der Waals surface area (Å²) in [7, 11) is 0. The number of rotatable bonds is 1. The van der Waals surface area contributed by atoms with Crippen LogP contribution in [0.15, 0.2) is 54.6 Å². The standard InChI is InChI=1S/C20H14BrN/c21-12-22-18-11-4-3-8-17(18)19-15-7-2-1-6-13(15)14-9-5-10-16(14)20(19)22/h1-9,11H,10,12H2. The Kier molecular flexibility index (Phi) is 2.53. The van der Waals surface area contributed by atoms with Crippen LogP contribution in [0.4, 0.5) is 0 Å². The molecule has 2 heteroatoms. The molecule has 1 aromatic heterocycles. The summed E-state index contributed by atoms with van der Waals surface area (Å²) >= 11 is 3.69. The molecule has 0 unspecified atom stereocenters. The first kappa shape index (κ1) is 12.5. The minimum Gasteiger partial charge on any atom is -0.330 e. The fraction of sp³-hybridized carbons (Fsp3) is 0.100. The number of allylic oxidation sites excluding steroid dienone is 1. The van der Waals surface area contributed by atoms with Crippen LogP contribution >= 0.6 is 15.9 Å². The van der Waals surface area contributed by atoms with Crippen molar-refractivity contribution >= 4 is 54.6 Å². The lowest BCUT2D eigenvalue weighted by Crippen LogP contribution is -1.96. The van der Waals surface area contributed by atoms with E-state index < -0.39 is 0 Å². The average molecular weight is 348 g/mol. The van der Waals surface area contributed by atoms with Crippen LogP contribution in [0.3, 0.4) is 0 Å². The zero-order valence-corrected chi connectivity index (χ0v) is 13.6. The number of hydrogen-bond donors (Lipinski definition) is 0. The minimum atomic E-state index is 0.821. The number of fused-ring (bicyclic) bond motifs is 8. The lowest BCUT2D eigenvalue weighted by Gasteiger charge is -2.11. The van der Waals surface area contributed by atoms with Crippen LogP contribution in [0.1, 0.15) is 11.1 Å². The molecule has 0 fully saturated rings. The van der Waals surface area contributed by atoms with Gasteiger partial charge < -0.3 is 4.57 Å². The van der Waals surface area contributed by atoms with Gasteiger partial charge >= 0.3 is 0 Å². The van der Waals surface area contributed by atoms with Gasteiger partial charge in [-0.05, 0) is 34.4 Å². The van der Waals surface area contributed by atoms with Crippen molar-refractivity contribution in [1.29, 1.82) is 0 Å². The Bertz CT molecular complexity index is 1090. The molecule has 106 valence electrons. The maximum absolute atomic E-state index is 3.69. The molecule has 0 radical (unpaired) electrons. The highest BCUT2D eigenvalue weighted by atomic mass is 79.9. The molecule has 0 bridgehead atoms. The fourth-order valence-corrected chi connectivity index (χ4v) is 4.45. The number of halogens is 1. The first-order valence-corrected chi connectivity index (χ1v) is 8.69. The number of aromatic nitrogens is 1. The Labute approximate surface area is 137 Å². The van der Waals surface area contributed by atoms with Gasteiger partial charge in [0.1, 0.15) is 0 Å². The largest absolute Gasteiger partial charge is 0.330 e. The summed E-state index contributed by atoms with van der Waals surface area (Å²) < 4.78 is 2.41. The lowest BCUT2D eigenvalue weighted by molar-refractivity contribution is 0.991. The van der Waals surface area contributed by atoms with Crippen molar-refractivity contribution < 1.29 is 0 Å². The Morgan fingerprint density at radius 3 is 2.45 bits per heavy atom. The summed E-state index contributed by atoms with van der Waals surface area (Å²) in [5, 5.41) is 5.48. The molecule has 4 aromatic rings. The molecule has 0 amide bonds. The Morgan fingerprint density at radius 1 is 0.909 bits per heavy atom. The third kappa shape index (κ3) is 1.43. The number of nitrogens with zero attached hydrogens (tertiary/aromatic N) is 1. The van der Waals surface area contributed by atoms with Gasteiger partial charge in [0, 0.05) is 16.3 Å². The van der Waals surface area contributed by atoms with Gasteiger partial charge in [0.05, 0.1) is 11.0 Å². The monoisotopic (exact) mass is 347 g/mol. The number of para-hydroxylation sites is 1. The van der Waals surface area contributed by atoms with Gasteiger partial charge in [-0.1, -0.05) is 70.5 Å². The van der Waals surface area contributed by atoms with E-state index in [0.717, 1.165) is 11.9 Å². The highest BCUT2D eigenvalue weighted by molar-refractivity contribution is 9.08. The van der Waals surface area contributed by atoms with Crippen LogP contribution in [0.2, 0.25) is 0 Å². The highest BCUT2D eigenvalue weighted by Crippen LogP contribution is 2.42. The van der Waals surface area contributed by atoms with Gasteiger partial charge in [-0.15, -0.1) is 0 Å². The summed E-state index contributed by atoms with van der Waals surface area (Å²) in [4.78, 5) is 0. The van der Waals surface area contributed by atoms with Crippen LogP contribution in [0, 0.1) is 0 Å². The van der Waals surface area contributed by atoms with E-state index in [1.807, 2.05) is 0 Å². The Hall–Kier alpha value is -2.06. The van der Waals surface area contributed by atoms with E-state index >= 15 is 0 Å². The molecular weight excluding hydrogens is 334 g/mol. The van der Waals surface area contributed by atoms with Crippen LogP contribution in [-0.2, 0) is 11.9 Å². The first-order chi connectivity index (χ1) is 10.9. The molecule has 1 aliphatic carbocycles. The van der Waals surface area contributed by atoms with Crippen molar-refractivity contribution in [2.45, 2.75) is 11.9 Å². The van der Waals surface area contributed by atoms with E-state index in [2.05, 4.69) is 81.2 Å².